The molecule has 0 aliphatic carbocycles. The van der Waals surface area contributed by atoms with Crippen molar-refractivity contribution in [3.05, 3.63) is 0 Å². The van der Waals surface area contributed by atoms with E-state index in [2.05, 4.69) is 5.32 Å². The Bertz CT molecular complexity index is 156. The van der Waals surface area contributed by atoms with Gasteiger partial charge in [0.2, 0.25) is 0 Å². The van der Waals surface area contributed by atoms with E-state index in [4.69, 9.17) is 17.0 Å². The molecule has 0 heterocycles. The molecule has 0 aliphatic heterocycles. The minimum atomic E-state index is -0.158. The second-order valence-corrected chi connectivity index (χ2v) is 3.99. The summed E-state index contributed by atoms with van der Waals surface area (Å²) in [6.45, 7) is 5.05. The minimum absolute atomic E-state index is 0.158. The Kier molecular flexibility index (Phi) is 8.13. The monoisotopic (exact) mass is 221 g/mol. The summed E-state index contributed by atoms with van der Waals surface area (Å²) in [4.78, 5) is 10.9. The summed E-state index contributed by atoms with van der Waals surface area (Å²) in [6.07, 6.45) is 0.421. The molecule has 0 aliphatic rings. The molecular formula is C8H15NO2S2. The maximum atomic E-state index is 10.9. The van der Waals surface area contributed by atoms with Crippen molar-refractivity contribution in [3.8, 4) is 0 Å². The van der Waals surface area contributed by atoms with Crippen molar-refractivity contribution in [1.29, 1.82) is 0 Å². The lowest BCUT2D eigenvalue weighted by atomic mass is 10.5. The molecule has 0 aromatic heterocycles. The summed E-state index contributed by atoms with van der Waals surface area (Å²) in [5, 5.41) is 2.99. The van der Waals surface area contributed by atoms with Gasteiger partial charge in [0.15, 0.2) is 0 Å². The van der Waals surface area contributed by atoms with Crippen molar-refractivity contribution in [2.24, 2.45) is 0 Å². The zero-order valence-corrected chi connectivity index (χ0v) is 9.59. The van der Waals surface area contributed by atoms with Gasteiger partial charge in [-0.1, -0.05) is 24.0 Å². The van der Waals surface area contributed by atoms with Crippen LogP contribution in [0.4, 0.5) is 0 Å². The van der Waals surface area contributed by atoms with E-state index in [9.17, 15) is 4.79 Å². The zero-order chi connectivity index (χ0) is 10.1. The van der Waals surface area contributed by atoms with E-state index < -0.39 is 0 Å². The average molecular weight is 221 g/mol. The molecule has 0 fully saturated rings. The number of rotatable bonds is 5. The Labute approximate surface area is 88.6 Å². The fourth-order valence-electron chi connectivity index (χ4n) is 0.656. The molecule has 1 N–H and O–H groups in total. The average Bonchev–Trinajstić information content (AvgIpc) is 2.05. The van der Waals surface area contributed by atoms with E-state index in [0.29, 0.717) is 18.8 Å². The molecule has 0 saturated carbocycles. The van der Waals surface area contributed by atoms with Gasteiger partial charge in [0.25, 0.3) is 0 Å². The van der Waals surface area contributed by atoms with E-state index in [1.54, 1.807) is 6.92 Å². The van der Waals surface area contributed by atoms with Crippen LogP contribution in [0.2, 0.25) is 0 Å². The quantitative estimate of drug-likeness (QED) is 0.563. The smallest absolute Gasteiger partial charge is 0.306 e. The molecule has 0 aromatic carbocycles. The molecule has 0 spiro atoms. The Hall–Kier alpha value is -0.290. The maximum absolute atomic E-state index is 10.9. The number of ether oxygens (including phenoxy) is 1. The van der Waals surface area contributed by atoms with Crippen LogP contribution in [0.25, 0.3) is 0 Å². The van der Waals surface area contributed by atoms with Gasteiger partial charge in [-0.2, -0.15) is 0 Å². The van der Waals surface area contributed by atoms with Gasteiger partial charge in [0.1, 0.15) is 4.32 Å². The predicted molar refractivity (Wildman–Crippen MR) is 60.0 cm³/mol. The van der Waals surface area contributed by atoms with Gasteiger partial charge < -0.3 is 10.1 Å². The SMILES string of the molecule is CCNC(=S)SCCC(=O)OCC. The van der Waals surface area contributed by atoms with E-state index in [1.807, 2.05) is 6.92 Å². The van der Waals surface area contributed by atoms with Gasteiger partial charge >= 0.3 is 5.97 Å². The first-order valence-electron chi connectivity index (χ1n) is 4.27. The highest BCUT2D eigenvalue weighted by atomic mass is 32.2. The standard InChI is InChI=1S/C8H15NO2S2/c1-3-9-8(12)13-6-5-7(10)11-4-2/h3-6H2,1-2H3,(H,9,12). The van der Waals surface area contributed by atoms with E-state index >= 15 is 0 Å². The van der Waals surface area contributed by atoms with Crippen molar-refractivity contribution in [3.63, 3.8) is 0 Å². The third-order valence-corrected chi connectivity index (χ3v) is 2.48. The molecule has 5 heteroatoms. The van der Waals surface area contributed by atoms with Gasteiger partial charge in [0.05, 0.1) is 13.0 Å². The molecule has 0 amide bonds. The summed E-state index contributed by atoms with van der Waals surface area (Å²) < 4.78 is 5.51. The Morgan fingerprint density at radius 1 is 1.54 bits per heavy atom. The molecule has 13 heavy (non-hydrogen) atoms. The Balaban J connectivity index is 3.33. The number of carbonyl (C=O) groups excluding carboxylic acids is 1. The van der Waals surface area contributed by atoms with Gasteiger partial charge in [0, 0.05) is 12.3 Å². The van der Waals surface area contributed by atoms with Crippen LogP contribution in [0, 0.1) is 0 Å². The number of esters is 1. The van der Waals surface area contributed by atoms with Gasteiger partial charge in [-0.3, -0.25) is 4.79 Å². The lowest BCUT2D eigenvalue weighted by Gasteiger charge is -2.04. The van der Waals surface area contributed by atoms with Crippen LogP contribution in [0.3, 0.4) is 0 Å². The highest BCUT2D eigenvalue weighted by molar-refractivity contribution is 8.22. The van der Waals surface area contributed by atoms with Crippen molar-refractivity contribution in [2.75, 3.05) is 18.9 Å². The molecule has 0 aromatic rings. The van der Waals surface area contributed by atoms with Crippen LogP contribution in [0.5, 0.6) is 0 Å². The van der Waals surface area contributed by atoms with Crippen molar-refractivity contribution in [2.45, 2.75) is 20.3 Å². The third kappa shape index (κ3) is 8.05. The lowest BCUT2D eigenvalue weighted by molar-refractivity contribution is -0.142. The Morgan fingerprint density at radius 2 is 2.23 bits per heavy atom. The van der Waals surface area contributed by atoms with Crippen LogP contribution in [-0.4, -0.2) is 29.2 Å². The van der Waals surface area contributed by atoms with Crippen LogP contribution >= 0.6 is 24.0 Å². The molecule has 3 nitrogen and oxygen atoms in total. The minimum Gasteiger partial charge on any atom is -0.466 e. The maximum Gasteiger partial charge on any atom is 0.306 e. The number of nitrogens with one attached hydrogen (secondary N) is 1. The van der Waals surface area contributed by atoms with E-state index in [1.165, 1.54) is 11.8 Å². The predicted octanol–water partition coefficient (Wildman–Crippen LogP) is 1.57. The van der Waals surface area contributed by atoms with Crippen molar-refractivity contribution >= 4 is 34.3 Å². The molecule has 0 unspecified atom stereocenters. The summed E-state index contributed by atoms with van der Waals surface area (Å²) in [5.74, 6) is 0.527. The zero-order valence-electron chi connectivity index (χ0n) is 7.96. The number of thiocarbonyl (C=S) groups is 1. The molecule has 0 saturated heterocycles. The molecule has 76 valence electrons. The van der Waals surface area contributed by atoms with Crippen molar-refractivity contribution < 1.29 is 9.53 Å². The highest BCUT2D eigenvalue weighted by Gasteiger charge is 2.02. The van der Waals surface area contributed by atoms with Crippen LogP contribution in [0.15, 0.2) is 0 Å². The van der Waals surface area contributed by atoms with Gasteiger partial charge in [-0.25, -0.2) is 0 Å². The second-order valence-electron chi connectivity index (χ2n) is 2.22. The second kappa shape index (κ2) is 8.31. The summed E-state index contributed by atoms with van der Waals surface area (Å²) >= 11 is 6.44. The van der Waals surface area contributed by atoms with Gasteiger partial charge in [-0.05, 0) is 13.8 Å². The van der Waals surface area contributed by atoms with Crippen LogP contribution < -0.4 is 5.32 Å². The molecule has 0 rings (SSSR count). The highest BCUT2D eigenvalue weighted by Crippen LogP contribution is 2.04. The lowest BCUT2D eigenvalue weighted by Crippen LogP contribution is -2.18. The first-order valence-corrected chi connectivity index (χ1v) is 5.66. The van der Waals surface area contributed by atoms with E-state index in [-0.39, 0.29) is 5.97 Å². The van der Waals surface area contributed by atoms with E-state index in [0.717, 1.165) is 10.9 Å². The first kappa shape index (κ1) is 12.7. The third-order valence-electron chi connectivity index (χ3n) is 1.17. The molecule has 0 radical (unpaired) electrons. The first-order chi connectivity index (χ1) is 6.20. The number of carbonyl (C=O) groups is 1. The normalized spacial score (nSPS) is 9.38. The summed E-state index contributed by atoms with van der Waals surface area (Å²) in [7, 11) is 0. The fraction of sp³-hybridized carbons (Fsp3) is 0.750. The van der Waals surface area contributed by atoms with Gasteiger partial charge in [-0.15, -0.1) is 0 Å². The summed E-state index contributed by atoms with van der Waals surface area (Å²) in [5.41, 5.74) is 0. The van der Waals surface area contributed by atoms with Crippen LogP contribution in [0.1, 0.15) is 20.3 Å². The Morgan fingerprint density at radius 3 is 2.77 bits per heavy atom. The fourth-order valence-corrected chi connectivity index (χ4v) is 1.75. The largest absolute Gasteiger partial charge is 0.466 e. The molecule has 0 bridgehead atoms. The molecule has 0 atom stereocenters. The number of thioether (sulfide) groups is 1. The molecular weight excluding hydrogens is 206 g/mol. The summed E-state index contributed by atoms with van der Waals surface area (Å²) in [6, 6.07) is 0. The topological polar surface area (TPSA) is 38.3 Å². The number of hydrogen-bond donors (Lipinski definition) is 1. The van der Waals surface area contributed by atoms with Crippen molar-refractivity contribution in [1.82, 2.24) is 5.32 Å². The van der Waals surface area contributed by atoms with Crippen LogP contribution in [-0.2, 0) is 9.53 Å². The number of hydrogen-bond acceptors (Lipinski definition) is 4.